The Balaban J connectivity index is 1.62. The van der Waals surface area contributed by atoms with Crippen molar-refractivity contribution >= 4 is 5.91 Å². The van der Waals surface area contributed by atoms with Crippen molar-refractivity contribution in [2.45, 2.75) is 18.6 Å². The van der Waals surface area contributed by atoms with Gasteiger partial charge in [-0.25, -0.2) is 0 Å². The molecule has 0 spiro atoms. The summed E-state index contributed by atoms with van der Waals surface area (Å²) in [5, 5.41) is 20.3. The fraction of sp³-hybridized carbons (Fsp3) is 0.375. The SMILES string of the molecule is O=C(NC[C@@]1(O)CCNC1)c1cccc(Cn2cccn2)c1. The number of aliphatic hydroxyl groups is 1. The number of β-amino-alcohol motifs (C(OH)–C–C–N with tert-alkyl or cyclic N) is 1. The van der Waals surface area contributed by atoms with Crippen molar-refractivity contribution in [1.29, 1.82) is 0 Å². The maximum absolute atomic E-state index is 12.2. The topological polar surface area (TPSA) is 79.2 Å². The van der Waals surface area contributed by atoms with Crippen LogP contribution in [0, 0.1) is 0 Å². The number of aromatic nitrogens is 2. The van der Waals surface area contributed by atoms with Crippen LogP contribution in [0.2, 0.25) is 0 Å². The van der Waals surface area contributed by atoms with E-state index in [1.165, 1.54) is 0 Å². The number of benzene rings is 1. The molecule has 2 aromatic rings. The number of hydrogen-bond donors (Lipinski definition) is 3. The highest BCUT2D eigenvalue weighted by Crippen LogP contribution is 2.13. The molecule has 1 amide bonds. The number of amides is 1. The molecule has 1 fully saturated rings. The number of nitrogens with one attached hydrogen (secondary N) is 2. The summed E-state index contributed by atoms with van der Waals surface area (Å²) in [5.74, 6) is -0.164. The predicted molar refractivity (Wildman–Crippen MR) is 82.5 cm³/mol. The first-order valence-electron chi connectivity index (χ1n) is 7.42. The Bertz CT molecular complexity index is 633. The number of carbonyl (C=O) groups is 1. The fourth-order valence-corrected chi connectivity index (χ4v) is 2.62. The van der Waals surface area contributed by atoms with Gasteiger partial charge in [0.2, 0.25) is 0 Å². The Morgan fingerprint density at radius 3 is 3.09 bits per heavy atom. The van der Waals surface area contributed by atoms with Crippen LogP contribution in [0.4, 0.5) is 0 Å². The molecule has 1 aliphatic heterocycles. The molecular formula is C16H20N4O2. The minimum atomic E-state index is -0.831. The third kappa shape index (κ3) is 3.52. The van der Waals surface area contributed by atoms with E-state index in [4.69, 9.17) is 0 Å². The summed E-state index contributed by atoms with van der Waals surface area (Å²) in [7, 11) is 0. The smallest absolute Gasteiger partial charge is 0.251 e. The molecule has 2 heterocycles. The number of hydrogen-bond acceptors (Lipinski definition) is 4. The van der Waals surface area contributed by atoms with Gasteiger partial charge in [-0.1, -0.05) is 12.1 Å². The molecule has 22 heavy (non-hydrogen) atoms. The van der Waals surface area contributed by atoms with Crippen LogP contribution >= 0.6 is 0 Å². The van der Waals surface area contributed by atoms with E-state index in [-0.39, 0.29) is 12.5 Å². The van der Waals surface area contributed by atoms with Gasteiger partial charge in [-0.3, -0.25) is 9.48 Å². The van der Waals surface area contributed by atoms with Crippen LogP contribution in [0.1, 0.15) is 22.3 Å². The first-order valence-corrected chi connectivity index (χ1v) is 7.42. The van der Waals surface area contributed by atoms with Gasteiger partial charge < -0.3 is 15.7 Å². The molecule has 116 valence electrons. The Hall–Kier alpha value is -2.18. The average Bonchev–Trinajstić information content (AvgIpc) is 3.17. The molecule has 0 unspecified atom stereocenters. The van der Waals surface area contributed by atoms with Crippen LogP contribution in [0.5, 0.6) is 0 Å². The van der Waals surface area contributed by atoms with E-state index in [9.17, 15) is 9.90 Å². The molecule has 1 aromatic heterocycles. The van der Waals surface area contributed by atoms with E-state index in [2.05, 4.69) is 15.7 Å². The van der Waals surface area contributed by atoms with Gasteiger partial charge in [0, 0.05) is 31.0 Å². The summed E-state index contributed by atoms with van der Waals surface area (Å²) < 4.78 is 1.81. The van der Waals surface area contributed by atoms with E-state index in [0.717, 1.165) is 12.1 Å². The number of carbonyl (C=O) groups excluding carboxylic acids is 1. The molecule has 3 N–H and O–H groups in total. The lowest BCUT2D eigenvalue weighted by Gasteiger charge is -2.21. The maximum atomic E-state index is 12.2. The van der Waals surface area contributed by atoms with Crippen molar-refractivity contribution in [1.82, 2.24) is 20.4 Å². The monoisotopic (exact) mass is 300 g/mol. The van der Waals surface area contributed by atoms with Crippen LogP contribution in [0.15, 0.2) is 42.7 Å². The van der Waals surface area contributed by atoms with E-state index in [1.807, 2.05) is 35.1 Å². The first kappa shape index (κ1) is 14.7. The molecule has 0 aliphatic carbocycles. The second-order valence-electron chi connectivity index (χ2n) is 5.74. The zero-order valence-electron chi connectivity index (χ0n) is 12.3. The van der Waals surface area contributed by atoms with Gasteiger partial charge in [0.05, 0.1) is 12.1 Å². The van der Waals surface area contributed by atoms with Gasteiger partial charge in [-0.15, -0.1) is 0 Å². The predicted octanol–water partition coefficient (Wildman–Crippen LogP) is 0.386. The summed E-state index contributed by atoms with van der Waals surface area (Å²) in [6.45, 7) is 2.20. The fourth-order valence-electron chi connectivity index (χ4n) is 2.62. The van der Waals surface area contributed by atoms with Crippen LogP contribution in [0.3, 0.4) is 0 Å². The van der Waals surface area contributed by atoms with Crippen molar-refractivity contribution < 1.29 is 9.90 Å². The summed E-state index contributed by atoms with van der Waals surface area (Å²) in [5.41, 5.74) is 0.777. The lowest BCUT2D eigenvalue weighted by Crippen LogP contribution is -2.44. The summed E-state index contributed by atoms with van der Waals surface area (Å²) in [4.78, 5) is 12.2. The highest BCUT2D eigenvalue weighted by Gasteiger charge is 2.31. The molecule has 3 rings (SSSR count). The zero-order chi connectivity index (χ0) is 15.4. The van der Waals surface area contributed by atoms with E-state index >= 15 is 0 Å². The third-order valence-electron chi connectivity index (χ3n) is 3.89. The van der Waals surface area contributed by atoms with Gasteiger partial charge in [-0.2, -0.15) is 5.10 Å². The molecule has 1 aromatic carbocycles. The summed E-state index contributed by atoms with van der Waals surface area (Å²) in [6, 6.07) is 9.33. The van der Waals surface area contributed by atoms with E-state index in [0.29, 0.717) is 25.1 Å². The van der Waals surface area contributed by atoms with Gasteiger partial charge in [0.1, 0.15) is 0 Å². The quantitative estimate of drug-likeness (QED) is 0.746. The second kappa shape index (κ2) is 6.29. The van der Waals surface area contributed by atoms with Gasteiger partial charge in [0.15, 0.2) is 0 Å². The van der Waals surface area contributed by atoms with Crippen LogP contribution < -0.4 is 10.6 Å². The molecule has 6 heteroatoms. The Morgan fingerprint density at radius 2 is 2.36 bits per heavy atom. The van der Waals surface area contributed by atoms with Gasteiger partial charge in [-0.05, 0) is 36.7 Å². The van der Waals surface area contributed by atoms with Crippen molar-refractivity contribution in [3.05, 3.63) is 53.9 Å². The lowest BCUT2D eigenvalue weighted by molar-refractivity contribution is 0.0562. The Kier molecular flexibility index (Phi) is 4.22. The second-order valence-corrected chi connectivity index (χ2v) is 5.74. The molecule has 1 aliphatic rings. The minimum Gasteiger partial charge on any atom is -0.387 e. The summed E-state index contributed by atoms with van der Waals surface area (Å²) in [6.07, 6.45) is 4.27. The number of rotatable bonds is 5. The standard InChI is InChI=1S/C16H20N4O2/c21-15(18-12-16(22)5-7-17-11-16)14-4-1-3-13(9-14)10-20-8-2-6-19-20/h1-4,6,8-9,17,22H,5,7,10-12H2,(H,18,21)/t16-/m1/s1. The zero-order valence-corrected chi connectivity index (χ0v) is 12.3. The van der Waals surface area contributed by atoms with Crippen molar-refractivity contribution in [3.8, 4) is 0 Å². The van der Waals surface area contributed by atoms with Crippen LogP contribution in [-0.2, 0) is 6.54 Å². The number of nitrogens with zero attached hydrogens (tertiary/aromatic N) is 2. The molecule has 1 saturated heterocycles. The largest absolute Gasteiger partial charge is 0.387 e. The van der Waals surface area contributed by atoms with Crippen molar-refractivity contribution in [2.75, 3.05) is 19.6 Å². The molecule has 0 radical (unpaired) electrons. The maximum Gasteiger partial charge on any atom is 0.251 e. The molecule has 1 atom stereocenters. The third-order valence-corrected chi connectivity index (χ3v) is 3.89. The normalized spacial score (nSPS) is 21.0. The highest BCUT2D eigenvalue weighted by atomic mass is 16.3. The highest BCUT2D eigenvalue weighted by molar-refractivity contribution is 5.94. The minimum absolute atomic E-state index is 0.164. The van der Waals surface area contributed by atoms with Gasteiger partial charge >= 0.3 is 0 Å². The van der Waals surface area contributed by atoms with Crippen molar-refractivity contribution in [3.63, 3.8) is 0 Å². The Labute approximate surface area is 129 Å². The van der Waals surface area contributed by atoms with Crippen molar-refractivity contribution in [2.24, 2.45) is 0 Å². The van der Waals surface area contributed by atoms with E-state index in [1.54, 1.807) is 12.3 Å². The molecule has 0 bridgehead atoms. The summed E-state index contributed by atoms with van der Waals surface area (Å²) >= 11 is 0. The van der Waals surface area contributed by atoms with Gasteiger partial charge in [0.25, 0.3) is 5.91 Å². The average molecular weight is 300 g/mol. The molecular weight excluding hydrogens is 280 g/mol. The molecule has 0 saturated carbocycles. The first-order chi connectivity index (χ1) is 10.6. The van der Waals surface area contributed by atoms with Crippen LogP contribution in [0.25, 0.3) is 0 Å². The van der Waals surface area contributed by atoms with E-state index < -0.39 is 5.60 Å². The lowest BCUT2D eigenvalue weighted by atomic mass is 10.0. The Morgan fingerprint density at radius 1 is 1.45 bits per heavy atom. The molecule has 6 nitrogen and oxygen atoms in total. The van der Waals surface area contributed by atoms with Crippen LogP contribution in [-0.4, -0.2) is 46.0 Å².